The van der Waals surface area contributed by atoms with Crippen LogP contribution >= 0.6 is 0 Å². The molecule has 0 aliphatic rings. The van der Waals surface area contributed by atoms with Crippen LogP contribution in [-0.4, -0.2) is 63.6 Å². The highest BCUT2D eigenvalue weighted by molar-refractivity contribution is 5.74. The van der Waals surface area contributed by atoms with Gasteiger partial charge < -0.3 is 30.5 Å². The standard InChI is InChI=1S/C8H15NO6/c1-4(12)9-7(5(13)2-10)8(15)6(14)3-11/h2,5-8,11,13-15H,3H2,1H3,(H,9,12). The molecule has 0 saturated carbocycles. The molecule has 0 aliphatic carbocycles. The fourth-order valence-electron chi connectivity index (χ4n) is 1.04. The van der Waals surface area contributed by atoms with Gasteiger partial charge in [-0.25, -0.2) is 0 Å². The first kappa shape index (κ1) is 14.0. The molecule has 0 aliphatic heterocycles. The van der Waals surface area contributed by atoms with E-state index in [9.17, 15) is 14.7 Å². The third kappa shape index (κ3) is 4.34. The Morgan fingerprint density at radius 3 is 2.27 bits per heavy atom. The normalized spacial score (nSPS) is 18.7. The Kier molecular flexibility index (Phi) is 6.02. The van der Waals surface area contributed by atoms with Crippen LogP contribution in [0.15, 0.2) is 0 Å². The largest absolute Gasteiger partial charge is 0.394 e. The first-order valence-corrected chi connectivity index (χ1v) is 4.31. The van der Waals surface area contributed by atoms with E-state index in [1.54, 1.807) is 0 Å². The average Bonchev–Trinajstić information content (AvgIpc) is 2.22. The Balaban J connectivity index is 4.60. The number of carbonyl (C=O) groups excluding carboxylic acids is 2. The topological polar surface area (TPSA) is 127 Å². The number of amides is 1. The lowest BCUT2D eigenvalue weighted by atomic mass is 10.0. The molecule has 15 heavy (non-hydrogen) atoms. The molecule has 0 aromatic heterocycles. The van der Waals surface area contributed by atoms with Gasteiger partial charge in [0.2, 0.25) is 5.91 Å². The molecule has 5 N–H and O–H groups in total. The van der Waals surface area contributed by atoms with Gasteiger partial charge in [-0.1, -0.05) is 0 Å². The minimum atomic E-state index is -1.65. The lowest BCUT2D eigenvalue weighted by molar-refractivity contribution is -0.128. The maximum absolute atomic E-state index is 10.7. The summed E-state index contributed by atoms with van der Waals surface area (Å²) in [4.78, 5) is 21.0. The van der Waals surface area contributed by atoms with Crippen molar-refractivity contribution in [1.29, 1.82) is 0 Å². The third-order valence-corrected chi connectivity index (χ3v) is 1.83. The number of rotatable bonds is 6. The summed E-state index contributed by atoms with van der Waals surface area (Å²) in [6, 6.07) is -1.35. The van der Waals surface area contributed by atoms with Crippen molar-refractivity contribution in [3.05, 3.63) is 0 Å². The molecule has 88 valence electrons. The lowest BCUT2D eigenvalue weighted by Gasteiger charge is -2.27. The molecular formula is C8H15NO6. The van der Waals surface area contributed by atoms with Crippen molar-refractivity contribution in [3.63, 3.8) is 0 Å². The van der Waals surface area contributed by atoms with E-state index in [1.807, 2.05) is 0 Å². The van der Waals surface area contributed by atoms with Crippen molar-refractivity contribution < 1.29 is 30.0 Å². The minimum Gasteiger partial charge on any atom is -0.394 e. The molecule has 0 bridgehead atoms. The number of nitrogens with one attached hydrogen (secondary N) is 1. The van der Waals surface area contributed by atoms with Gasteiger partial charge in [0.25, 0.3) is 0 Å². The van der Waals surface area contributed by atoms with Crippen LogP contribution in [0.4, 0.5) is 0 Å². The zero-order valence-electron chi connectivity index (χ0n) is 8.20. The summed E-state index contributed by atoms with van der Waals surface area (Å²) in [5.41, 5.74) is 0. The zero-order chi connectivity index (χ0) is 12.0. The molecule has 4 unspecified atom stereocenters. The van der Waals surface area contributed by atoms with E-state index in [-0.39, 0.29) is 6.29 Å². The number of hydrogen-bond acceptors (Lipinski definition) is 6. The van der Waals surface area contributed by atoms with Crippen LogP contribution in [0.25, 0.3) is 0 Å². The van der Waals surface area contributed by atoms with Crippen LogP contribution < -0.4 is 5.32 Å². The van der Waals surface area contributed by atoms with Crippen molar-refractivity contribution in [2.75, 3.05) is 6.61 Å². The molecule has 0 radical (unpaired) electrons. The van der Waals surface area contributed by atoms with Gasteiger partial charge in [0.15, 0.2) is 6.29 Å². The maximum atomic E-state index is 10.7. The van der Waals surface area contributed by atoms with E-state index in [2.05, 4.69) is 5.32 Å². The summed E-state index contributed by atoms with van der Waals surface area (Å²) in [7, 11) is 0. The number of aldehydes is 1. The Labute approximate surface area is 86.3 Å². The summed E-state index contributed by atoms with van der Waals surface area (Å²) in [5, 5.41) is 38.3. The molecule has 1 amide bonds. The van der Waals surface area contributed by atoms with Crippen molar-refractivity contribution in [2.24, 2.45) is 0 Å². The summed E-state index contributed by atoms with van der Waals surface area (Å²) in [6.45, 7) is 0.380. The first-order chi connectivity index (χ1) is 6.93. The van der Waals surface area contributed by atoms with Crippen LogP contribution in [0, 0.1) is 0 Å². The highest BCUT2D eigenvalue weighted by Gasteiger charge is 2.32. The Morgan fingerprint density at radius 1 is 1.40 bits per heavy atom. The molecule has 0 saturated heterocycles. The van der Waals surface area contributed by atoms with E-state index >= 15 is 0 Å². The SMILES string of the molecule is CC(=O)NC(C(O)C=O)C(O)C(O)CO. The van der Waals surface area contributed by atoms with Crippen LogP contribution in [0.1, 0.15) is 6.92 Å². The molecule has 4 atom stereocenters. The van der Waals surface area contributed by atoms with Gasteiger partial charge in [0, 0.05) is 6.92 Å². The molecule has 0 spiro atoms. The Hall–Kier alpha value is -1.02. The second-order valence-electron chi connectivity index (χ2n) is 3.09. The Bertz CT molecular complexity index is 221. The summed E-state index contributed by atoms with van der Waals surface area (Å²) >= 11 is 0. The molecule has 0 fully saturated rings. The van der Waals surface area contributed by atoms with Gasteiger partial charge in [-0.15, -0.1) is 0 Å². The third-order valence-electron chi connectivity index (χ3n) is 1.83. The predicted octanol–water partition coefficient (Wildman–Crippen LogP) is -3.23. The molecule has 0 rings (SSSR count). The van der Waals surface area contributed by atoms with Gasteiger partial charge in [0.1, 0.15) is 18.3 Å². The molecule has 0 heterocycles. The van der Waals surface area contributed by atoms with E-state index in [1.165, 1.54) is 0 Å². The maximum Gasteiger partial charge on any atom is 0.217 e. The summed E-state index contributed by atoms with van der Waals surface area (Å²) in [5.74, 6) is -0.579. The molecule has 0 aromatic carbocycles. The number of carbonyl (C=O) groups is 2. The van der Waals surface area contributed by atoms with Crippen LogP contribution in [-0.2, 0) is 9.59 Å². The first-order valence-electron chi connectivity index (χ1n) is 4.31. The summed E-state index contributed by atoms with van der Waals surface area (Å²) in [6.07, 6.45) is -4.70. The van der Waals surface area contributed by atoms with Gasteiger partial charge in [-0.3, -0.25) is 4.79 Å². The molecule has 7 heteroatoms. The average molecular weight is 221 g/mol. The van der Waals surface area contributed by atoms with Gasteiger partial charge in [0.05, 0.1) is 12.6 Å². The quantitative estimate of drug-likeness (QED) is 0.300. The fraction of sp³-hybridized carbons (Fsp3) is 0.750. The number of aliphatic hydroxyl groups is 4. The van der Waals surface area contributed by atoms with E-state index in [0.29, 0.717) is 0 Å². The smallest absolute Gasteiger partial charge is 0.217 e. The van der Waals surface area contributed by atoms with E-state index in [4.69, 9.17) is 15.3 Å². The Morgan fingerprint density at radius 2 is 1.93 bits per heavy atom. The second-order valence-corrected chi connectivity index (χ2v) is 3.09. The predicted molar refractivity (Wildman–Crippen MR) is 48.8 cm³/mol. The lowest BCUT2D eigenvalue weighted by Crippen LogP contribution is -2.55. The monoisotopic (exact) mass is 221 g/mol. The minimum absolute atomic E-state index is 0.119. The van der Waals surface area contributed by atoms with Crippen LogP contribution in [0.3, 0.4) is 0 Å². The second kappa shape index (κ2) is 6.46. The fourth-order valence-corrected chi connectivity index (χ4v) is 1.04. The van der Waals surface area contributed by atoms with Crippen molar-refractivity contribution >= 4 is 12.2 Å². The number of aliphatic hydroxyl groups excluding tert-OH is 4. The van der Waals surface area contributed by atoms with Crippen molar-refractivity contribution in [2.45, 2.75) is 31.3 Å². The van der Waals surface area contributed by atoms with Gasteiger partial charge in [-0.05, 0) is 0 Å². The molecule has 0 aromatic rings. The van der Waals surface area contributed by atoms with Crippen molar-refractivity contribution in [3.8, 4) is 0 Å². The molecular weight excluding hydrogens is 206 g/mol. The van der Waals surface area contributed by atoms with Gasteiger partial charge >= 0.3 is 0 Å². The van der Waals surface area contributed by atoms with Crippen LogP contribution in [0.5, 0.6) is 0 Å². The summed E-state index contributed by atoms with van der Waals surface area (Å²) < 4.78 is 0. The van der Waals surface area contributed by atoms with Crippen molar-refractivity contribution in [1.82, 2.24) is 5.32 Å². The van der Waals surface area contributed by atoms with Crippen LogP contribution in [0.2, 0.25) is 0 Å². The number of hydrogen-bond donors (Lipinski definition) is 5. The van der Waals surface area contributed by atoms with E-state index < -0.39 is 36.9 Å². The zero-order valence-corrected chi connectivity index (χ0v) is 8.20. The van der Waals surface area contributed by atoms with E-state index in [0.717, 1.165) is 6.92 Å². The highest BCUT2D eigenvalue weighted by Crippen LogP contribution is 2.04. The van der Waals surface area contributed by atoms with Gasteiger partial charge in [-0.2, -0.15) is 0 Å². The highest BCUT2D eigenvalue weighted by atomic mass is 16.4. The molecule has 7 nitrogen and oxygen atoms in total.